The third-order valence-corrected chi connectivity index (χ3v) is 3.91. The highest BCUT2D eigenvalue weighted by Gasteiger charge is 2.16. The molecule has 0 aliphatic heterocycles. The summed E-state index contributed by atoms with van der Waals surface area (Å²) in [4.78, 5) is 25.0. The zero-order chi connectivity index (χ0) is 17.1. The molecule has 0 radical (unpaired) electrons. The van der Waals surface area contributed by atoms with E-state index in [9.17, 15) is 9.59 Å². The fraction of sp³-hybridized carbons (Fsp3) is 0.211. The van der Waals surface area contributed by atoms with Gasteiger partial charge in [0, 0.05) is 18.5 Å². The number of aryl methyl sites for hydroxylation is 2. The van der Waals surface area contributed by atoms with Crippen LogP contribution in [0.5, 0.6) is 0 Å². The maximum absolute atomic E-state index is 12.6. The summed E-state index contributed by atoms with van der Waals surface area (Å²) < 4.78 is 1.68. The molecule has 5 nitrogen and oxygen atoms in total. The maximum atomic E-state index is 12.6. The predicted molar refractivity (Wildman–Crippen MR) is 94.0 cm³/mol. The number of carbonyl (C=O) groups excluding carboxylic acids is 1. The Labute approximate surface area is 139 Å². The lowest BCUT2D eigenvalue weighted by atomic mass is 10.1. The van der Waals surface area contributed by atoms with Gasteiger partial charge in [-0.2, -0.15) is 5.10 Å². The number of nitrogens with one attached hydrogen (secondary N) is 1. The lowest BCUT2D eigenvalue weighted by Crippen LogP contribution is -2.31. The number of hydrogen-bond acceptors (Lipinski definition) is 3. The van der Waals surface area contributed by atoms with Crippen molar-refractivity contribution in [3.63, 3.8) is 0 Å². The number of carbonyl (C=O) groups is 1. The molecule has 1 amide bonds. The molecule has 3 aromatic rings. The predicted octanol–water partition coefficient (Wildman–Crippen LogP) is 2.65. The van der Waals surface area contributed by atoms with Gasteiger partial charge < -0.3 is 5.32 Å². The van der Waals surface area contributed by atoms with Crippen molar-refractivity contribution >= 4 is 16.8 Å². The summed E-state index contributed by atoms with van der Waals surface area (Å²) >= 11 is 0. The Balaban J connectivity index is 1.92. The summed E-state index contributed by atoms with van der Waals surface area (Å²) in [6, 6.07) is 15.1. The van der Waals surface area contributed by atoms with Crippen molar-refractivity contribution in [2.24, 2.45) is 0 Å². The normalized spacial score (nSPS) is 10.8. The molecule has 0 aliphatic carbocycles. The maximum Gasteiger partial charge on any atom is 0.276 e. The molecule has 0 saturated carbocycles. The standard InChI is InChI=1S/C19H19N3O2/c1-3-22-16-10-5-4-9-15(16)18(23)17(21-22)19(24)20-12-14-8-6-7-13(2)11-14/h4-11H,3,12H2,1-2H3,(H,20,24). The van der Waals surface area contributed by atoms with Crippen molar-refractivity contribution in [3.05, 3.63) is 75.6 Å². The molecule has 122 valence electrons. The van der Waals surface area contributed by atoms with Gasteiger partial charge in [-0.15, -0.1) is 0 Å². The van der Waals surface area contributed by atoms with Crippen LogP contribution < -0.4 is 10.7 Å². The van der Waals surface area contributed by atoms with Gasteiger partial charge in [-0.3, -0.25) is 14.3 Å². The van der Waals surface area contributed by atoms with E-state index in [-0.39, 0.29) is 11.1 Å². The van der Waals surface area contributed by atoms with E-state index in [4.69, 9.17) is 0 Å². The minimum absolute atomic E-state index is 0.0665. The van der Waals surface area contributed by atoms with E-state index in [0.717, 1.165) is 16.6 Å². The van der Waals surface area contributed by atoms with Gasteiger partial charge in [0.25, 0.3) is 5.91 Å². The number of hydrogen-bond donors (Lipinski definition) is 1. The third-order valence-electron chi connectivity index (χ3n) is 3.91. The van der Waals surface area contributed by atoms with Gasteiger partial charge in [0.2, 0.25) is 5.43 Å². The molecule has 1 aromatic heterocycles. The molecule has 0 spiro atoms. The average molecular weight is 321 g/mol. The van der Waals surface area contributed by atoms with Crippen molar-refractivity contribution in [1.29, 1.82) is 0 Å². The van der Waals surface area contributed by atoms with Crippen LogP contribution in [0.4, 0.5) is 0 Å². The summed E-state index contributed by atoms with van der Waals surface area (Å²) in [5.41, 5.74) is 2.44. The van der Waals surface area contributed by atoms with Gasteiger partial charge in [0.05, 0.1) is 5.52 Å². The SMILES string of the molecule is CCn1nc(C(=O)NCc2cccc(C)c2)c(=O)c2ccccc21. The highest BCUT2D eigenvalue weighted by molar-refractivity contribution is 5.95. The smallest absolute Gasteiger partial charge is 0.276 e. The molecule has 3 rings (SSSR count). The van der Waals surface area contributed by atoms with E-state index in [2.05, 4.69) is 10.4 Å². The second kappa shape index (κ2) is 6.66. The average Bonchev–Trinajstić information content (AvgIpc) is 2.60. The Morgan fingerprint density at radius 3 is 2.71 bits per heavy atom. The monoisotopic (exact) mass is 321 g/mol. The molecule has 1 N–H and O–H groups in total. The summed E-state index contributed by atoms with van der Waals surface area (Å²) in [6.07, 6.45) is 0. The van der Waals surface area contributed by atoms with E-state index < -0.39 is 5.91 Å². The molecule has 0 atom stereocenters. The number of para-hydroxylation sites is 1. The van der Waals surface area contributed by atoms with Crippen LogP contribution in [0.25, 0.3) is 10.9 Å². The first kappa shape index (κ1) is 15.9. The van der Waals surface area contributed by atoms with Crippen molar-refractivity contribution in [2.75, 3.05) is 0 Å². The number of aromatic nitrogens is 2. The van der Waals surface area contributed by atoms with Crippen molar-refractivity contribution in [2.45, 2.75) is 26.9 Å². The third kappa shape index (κ3) is 3.06. The minimum atomic E-state index is -0.450. The van der Waals surface area contributed by atoms with E-state index in [1.807, 2.05) is 50.2 Å². The van der Waals surface area contributed by atoms with Crippen LogP contribution in [-0.2, 0) is 13.1 Å². The number of nitrogens with zero attached hydrogens (tertiary/aromatic N) is 2. The van der Waals surface area contributed by atoms with Gasteiger partial charge >= 0.3 is 0 Å². The van der Waals surface area contributed by atoms with Crippen molar-refractivity contribution < 1.29 is 4.79 Å². The molecular formula is C19H19N3O2. The largest absolute Gasteiger partial charge is 0.346 e. The van der Waals surface area contributed by atoms with Crippen LogP contribution in [0.3, 0.4) is 0 Å². The molecule has 0 fully saturated rings. The lowest BCUT2D eigenvalue weighted by Gasteiger charge is -2.10. The Bertz CT molecular complexity index is 960. The van der Waals surface area contributed by atoms with Crippen LogP contribution >= 0.6 is 0 Å². The second-order valence-electron chi connectivity index (χ2n) is 5.68. The zero-order valence-corrected chi connectivity index (χ0v) is 13.7. The quantitative estimate of drug-likeness (QED) is 0.803. The summed E-state index contributed by atoms with van der Waals surface area (Å²) in [5.74, 6) is -0.450. The van der Waals surface area contributed by atoms with Crippen LogP contribution in [0, 0.1) is 6.92 Å². The summed E-state index contributed by atoms with van der Waals surface area (Å²) in [7, 11) is 0. The van der Waals surface area contributed by atoms with Gasteiger partial charge in [0.15, 0.2) is 5.69 Å². The fourth-order valence-electron chi connectivity index (χ4n) is 2.72. The highest BCUT2D eigenvalue weighted by Crippen LogP contribution is 2.09. The van der Waals surface area contributed by atoms with Crippen LogP contribution in [0.1, 0.15) is 28.5 Å². The molecule has 0 unspecified atom stereocenters. The highest BCUT2D eigenvalue weighted by atomic mass is 16.2. The van der Waals surface area contributed by atoms with Crippen molar-refractivity contribution in [3.8, 4) is 0 Å². The number of benzene rings is 2. The Morgan fingerprint density at radius 1 is 1.17 bits per heavy atom. The molecule has 2 aromatic carbocycles. The van der Waals surface area contributed by atoms with E-state index in [1.165, 1.54) is 0 Å². The van der Waals surface area contributed by atoms with Gasteiger partial charge in [-0.25, -0.2) is 0 Å². The first-order valence-corrected chi connectivity index (χ1v) is 7.93. The molecule has 5 heteroatoms. The van der Waals surface area contributed by atoms with Gasteiger partial charge in [-0.1, -0.05) is 42.0 Å². The van der Waals surface area contributed by atoms with Gasteiger partial charge in [0.1, 0.15) is 0 Å². The molecule has 0 bridgehead atoms. The van der Waals surface area contributed by atoms with E-state index >= 15 is 0 Å². The Kier molecular flexibility index (Phi) is 4.42. The van der Waals surface area contributed by atoms with E-state index in [1.54, 1.807) is 16.8 Å². The van der Waals surface area contributed by atoms with E-state index in [0.29, 0.717) is 18.5 Å². The first-order valence-electron chi connectivity index (χ1n) is 7.93. The molecule has 24 heavy (non-hydrogen) atoms. The number of rotatable bonds is 4. The molecular weight excluding hydrogens is 302 g/mol. The topological polar surface area (TPSA) is 64.0 Å². The molecule has 0 saturated heterocycles. The minimum Gasteiger partial charge on any atom is -0.346 e. The second-order valence-corrected chi connectivity index (χ2v) is 5.68. The zero-order valence-electron chi connectivity index (χ0n) is 13.7. The Morgan fingerprint density at radius 2 is 1.96 bits per heavy atom. The van der Waals surface area contributed by atoms with Crippen LogP contribution in [0.15, 0.2) is 53.3 Å². The van der Waals surface area contributed by atoms with Crippen molar-refractivity contribution in [1.82, 2.24) is 15.1 Å². The molecule has 1 heterocycles. The first-order chi connectivity index (χ1) is 11.6. The number of amides is 1. The Hall–Kier alpha value is -2.95. The fourth-order valence-corrected chi connectivity index (χ4v) is 2.72. The molecule has 0 aliphatic rings. The summed E-state index contributed by atoms with van der Waals surface area (Å²) in [6.45, 7) is 4.87. The number of fused-ring (bicyclic) bond motifs is 1. The lowest BCUT2D eigenvalue weighted by molar-refractivity contribution is 0.0942. The summed E-state index contributed by atoms with van der Waals surface area (Å²) in [5, 5.41) is 7.53. The van der Waals surface area contributed by atoms with Crippen LogP contribution in [-0.4, -0.2) is 15.7 Å². The van der Waals surface area contributed by atoms with Gasteiger partial charge in [-0.05, 0) is 31.5 Å². The van der Waals surface area contributed by atoms with Crippen LogP contribution in [0.2, 0.25) is 0 Å².